The number of methoxy groups -OCH3 is 2. The largest absolute Gasteiger partial charge is 0.493 e. The number of fused-ring (bicyclic) bond motifs is 1. The van der Waals surface area contributed by atoms with Gasteiger partial charge in [-0.3, -0.25) is 4.79 Å². The molecule has 162 valence electrons. The molecule has 5 heteroatoms. The normalized spacial score (nSPS) is 13.8. The van der Waals surface area contributed by atoms with Gasteiger partial charge in [0.2, 0.25) is 5.78 Å². The smallest absolute Gasteiger partial charge is 0.231 e. The number of ketones is 1. The summed E-state index contributed by atoms with van der Waals surface area (Å²) in [5, 5.41) is 0. The highest BCUT2D eigenvalue weighted by Crippen LogP contribution is 2.39. The van der Waals surface area contributed by atoms with E-state index in [0.29, 0.717) is 35.2 Å². The Morgan fingerprint density at radius 3 is 2.38 bits per heavy atom. The summed E-state index contributed by atoms with van der Waals surface area (Å²) in [7, 11) is 3.15. The van der Waals surface area contributed by atoms with Crippen molar-refractivity contribution < 1.29 is 23.7 Å². The van der Waals surface area contributed by atoms with Crippen molar-refractivity contribution in [1.29, 1.82) is 0 Å². The fraction of sp³-hybridized carbons (Fsp3) is 0.148. The van der Waals surface area contributed by atoms with Crippen LogP contribution in [-0.4, -0.2) is 26.6 Å². The van der Waals surface area contributed by atoms with E-state index in [0.717, 1.165) is 16.7 Å². The second-order valence-corrected chi connectivity index (χ2v) is 7.24. The lowest BCUT2D eigenvalue weighted by Gasteiger charge is -2.10. The van der Waals surface area contributed by atoms with Crippen LogP contribution in [0.25, 0.3) is 12.2 Å². The first-order chi connectivity index (χ1) is 15.6. The van der Waals surface area contributed by atoms with Gasteiger partial charge in [-0.2, -0.15) is 0 Å². The molecule has 0 spiro atoms. The highest BCUT2D eigenvalue weighted by Gasteiger charge is 2.30. The summed E-state index contributed by atoms with van der Waals surface area (Å²) in [4.78, 5) is 12.9. The summed E-state index contributed by atoms with van der Waals surface area (Å²) in [6.07, 6.45) is 5.66. The minimum Gasteiger partial charge on any atom is -0.493 e. The minimum absolute atomic E-state index is 0.159. The van der Waals surface area contributed by atoms with E-state index in [2.05, 4.69) is 0 Å². The van der Waals surface area contributed by atoms with Crippen LogP contribution < -0.4 is 18.9 Å². The van der Waals surface area contributed by atoms with Crippen LogP contribution in [0.1, 0.15) is 27.0 Å². The number of rotatable bonds is 7. The van der Waals surface area contributed by atoms with Crippen molar-refractivity contribution >= 4 is 17.9 Å². The van der Waals surface area contributed by atoms with Gasteiger partial charge in [-0.1, -0.05) is 42.5 Å². The van der Waals surface area contributed by atoms with Crippen molar-refractivity contribution in [3.63, 3.8) is 0 Å². The van der Waals surface area contributed by atoms with E-state index in [4.69, 9.17) is 18.9 Å². The quantitative estimate of drug-likeness (QED) is 0.451. The standard InChI is InChI=1S/C27H24O5/c1-18-22(31-15-7-10-19-8-5-4-6-9-19)14-12-21-26(28)25(32-27(18)21)17-20-11-13-23(29-2)24(16-20)30-3/h4-14,16-17H,15H2,1-3H3/b10-7+,25-17-. The van der Waals surface area contributed by atoms with Crippen molar-refractivity contribution in [2.75, 3.05) is 20.8 Å². The van der Waals surface area contributed by atoms with E-state index in [9.17, 15) is 4.79 Å². The van der Waals surface area contributed by atoms with Crippen LogP contribution in [0.2, 0.25) is 0 Å². The molecule has 32 heavy (non-hydrogen) atoms. The zero-order valence-corrected chi connectivity index (χ0v) is 18.3. The first-order valence-electron chi connectivity index (χ1n) is 10.2. The molecular weight excluding hydrogens is 404 g/mol. The summed E-state index contributed by atoms with van der Waals surface area (Å²) in [6, 6.07) is 19.0. The molecule has 0 unspecified atom stereocenters. The van der Waals surface area contributed by atoms with E-state index in [1.165, 1.54) is 0 Å². The molecule has 0 saturated heterocycles. The van der Waals surface area contributed by atoms with E-state index in [1.54, 1.807) is 38.5 Å². The highest BCUT2D eigenvalue weighted by atomic mass is 16.5. The Hall–Kier alpha value is -3.99. The maximum absolute atomic E-state index is 12.9. The van der Waals surface area contributed by atoms with E-state index >= 15 is 0 Å². The number of benzene rings is 3. The fourth-order valence-corrected chi connectivity index (χ4v) is 3.50. The molecule has 1 heterocycles. The monoisotopic (exact) mass is 428 g/mol. The number of ether oxygens (including phenoxy) is 4. The van der Waals surface area contributed by atoms with E-state index < -0.39 is 0 Å². The Morgan fingerprint density at radius 1 is 0.875 bits per heavy atom. The van der Waals surface area contributed by atoms with Crippen molar-refractivity contribution in [3.05, 3.63) is 94.8 Å². The van der Waals surface area contributed by atoms with E-state index in [1.807, 2.05) is 61.5 Å². The Labute approximate surface area is 187 Å². The predicted octanol–water partition coefficient (Wildman–Crippen LogP) is 5.72. The maximum Gasteiger partial charge on any atom is 0.231 e. The molecule has 0 saturated carbocycles. The van der Waals surface area contributed by atoms with Gasteiger partial charge in [-0.25, -0.2) is 0 Å². The number of carbonyl (C=O) groups excluding carboxylic acids is 1. The van der Waals surface area contributed by atoms with Crippen molar-refractivity contribution in [3.8, 4) is 23.0 Å². The van der Waals surface area contributed by atoms with E-state index in [-0.39, 0.29) is 11.5 Å². The SMILES string of the molecule is COc1ccc(/C=C2\Oc3c(ccc(OC/C=C/c4ccccc4)c3C)C2=O)cc1OC. The van der Waals surface area contributed by atoms with Crippen LogP contribution in [0.5, 0.6) is 23.0 Å². The summed E-state index contributed by atoms with van der Waals surface area (Å²) >= 11 is 0. The summed E-state index contributed by atoms with van der Waals surface area (Å²) in [5.41, 5.74) is 3.21. The molecular formula is C27H24O5. The van der Waals surface area contributed by atoms with Crippen LogP contribution in [-0.2, 0) is 0 Å². The van der Waals surface area contributed by atoms with Crippen molar-refractivity contribution in [1.82, 2.24) is 0 Å². The van der Waals surface area contributed by atoms with Gasteiger partial charge in [0.15, 0.2) is 17.3 Å². The number of carbonyl (C=O) groups is 1. The summed E-state index contributed by atoms with van der Waals surface area (Å²) in [5.74, 6) is 2.52. The molecule has 0 bridgehead atoms. The van der Waals surface area contributed by atoms with Crippen molar-refractivity contribution in [2.24, 2.45) is 0 Å². The first-order valence-corrected chi connectivity index (χ1v) is 10.2. The molecule has 1 aliphatic rings. The van der Waals surface area contributed by atoms with Gasteiger partial charge in [0, 0.05) is 5.56 Å². The lowest BCUT2D eigenvalue weighted by molar-refractivity contribution is 0.101. The average Bonchev–Trinajstić information content (AvgIpc) is 3.14. The molecule has 0 radical (unpaired) electrons. The van der Waals surface area contributed by atoms with Gasteiger partial charge in [0.05, 0.1) is 19.8 Å². The molecule has 3 aromatic rings. The van der Waals surface area contributed by atoms with Crippen LogP contribution >= 0.6 is 0 Å². The van der Waals surface area contributed by atoms with Gasteiger partial charge in [-0.15, -0.1) is 0 Å². The fourth-order valence-electron chi connectivity index (χ4n) is 3.50. The molecule has 4 rings (SSSR count). The Bertz CT molecular complexity index is 1190. The Balaban J connectivity index is 1.50. The summed E-state index contributed by atoms with van der Waals surface area (Å²) in [6.45, 7) is 2.30. The molecule has 0 atom stereocenters. The van der Waals surface area contributed by atoms with Crippen molar-refractivity contribution in [2.45, 2.75) is 6.92 Å². The molecule has 0 aromatic heterocycles. The van der Waals surface area contributed by atoms with Gasteiger partial charge in [-0.05, 0) is 54.5 Å². The molecule has 3 aromatic carbocycles. The second-order valence-electron chi connectivity index (χ2n) is 7.24. The average molecular weight is 428 g/mol. The number of Topliss-reactive ketones (excluding diaryl/α,β-unsaturated/α-hetero) is 1. The number of hydrogen-bond donors (Lipinski definition) is 0. The third kappa shape index (κ3) is 4.37. The lowest BCUT2D eigenvalue weighted by Crippen LogP contribution is -1.98. The summed E-state index contributed by atoms with van der Waals surface area (Å²) < 4.78 is 22.4. The third-order valence-corrected chi connectivity index (χ3v) is 5.19. The van der Waals surface area contributed by atoms with Crippen LogP contribution in [0.3, 0.4) is 0 Å². The first kappa shape index (κ1) is 21.2. The molecule has 0 N–H and O–H groups in total. The molecule has 5 nitrogen and oxygen atoms in total. The zero-order chi connectivity index (χ0) is 22.5. The maximum atomic E-state index is 12.9. The predicted molar refractivity (Wildman–Crippen MR) is 125 cm³/mol. The van der Waals surface area contributed by atoms with Crippen LogP contribution in [0.4, 0.5) is 0 Å². The molecule has 0 fully saturated rings. The number of hydrogen-bond acceptors (Lipinski definition) is 5. The van der Waals surface area contributed by atoms with Gasteiger partial charge >= 0.3 is 0 Å². The molecule has 0 amide bonds. The van der Waals surface area contributed by atoms with Gasteiger partial charge in [0.25, 0.3) is 0 Å². The molecule has 1 aliphatic heterocycles. The Morgan fingerprint density at radius 2 is 1.62 bits per heavy atom. The highest BCUT2D eigenvalue weighted by molar-refractivity contribution is 6.15. The third-order valence-electron chi connectivity index (χ3n) is 5.19. The van der Waals surface area contributed by atoms with Crippen LogP contribution in [0, 0.1) is 6.92 Å². The van der Waals surface area contributed by atoms with Gasteiger partial charge < -0.3 is 18.9 Å². The number of allylic oxidation sites excluding steroid dienone is 1. The molecule has 0 aliphatic carbocycles. The topological polar surface area (TPSA) is 54.0 Å². The Kier molecular flexibility index (Phi) is 6.26. The van der Waals surface area contributed by atoms with Gasteiger partial charge in [0.1, 0.15) is 18.1 Å². The minimum atomic E-state index is -0.159. The zero-order valence-electron chi connectivity index (χ0n) is 18.3. The lowest BCUT2D eigenvalue weighted by atomic mass is 10.1. The van der Waals surface area contributed by atoms with Crippen LogP contribution in [0.15, 0.2) is 72.5 Å². The second kappa shape index (κ2) is 9.43.